The van der Waals surface area contributed by atoms with Crippen molar-refractivity contribution in [2.24, 2.45) is 5.92 Å². The summed E-state index contributed by atoms with van der Waals surface area (Å²) in [6.45, 7) is 7.00. The second kappa shape index (κ2) is 8.82. The second-order valence-corrected chi connectivity index (χ2v) is 10.0. The number of hydrogen-bond acceptors (Lipinski definition) is 7. The van der Waals surface area contributed by atoms with E-state index in [9.17, 15) is 4.79 Å². The first-order valence-electron chi connectivity index (χ1n) is 11.5. The Labute approximate surface area is 198 Å². The zero-order valence-corrected chi connectivity index (χ0v) is 20.5. The molecule has 5 rings (SSSR count). The lowest BCUT2D eigenvalue weighted by molar-refractivity contribution is 0.0739. The maximum atomic E-state index is 13.4. The lowest BCUT2D eigenvalue weighted by atomic mass is 9.89. The lowest BCUT2D eigenvalue weighted by Crippen LogP contribution is -2.49. The number of aromatic nitrogens is 2. The number of ether oxygens (including phenoxy) is 2. The Balaban J connectivity index is 1.41. The first-order chi connectivity index (χ1) is 16.0. The standard InChI is InChI=1S/C25H30N4O3S/c1-15-8-9-17-20(14-15)33-24-21(17)23(26-16(2)27-24)28-10-12-29(13-11-28)25(30)22-18(31-3)6-5-7-19(22)32-4/h5-7,15H,8-14H2,1-4H3/t15-/m0/s1. The van der Waals surface area contributed by atoms with Crippen LogP contribution in [0.3, 0.4) is 0 Å². The number of fused-ring (bicyclic) bond motifs is 3. The number of methoxy groups -OCH3 is 2. The number of amides is 1. The van der Waals surface area contributed by atoms with Crippen LogP contribution in [0.25, 0.3) is 10.2 Å². The van der Waals surface area contributed by atoms with Gasteiger partial charge in [0, 0.05) is 31.1 Å². The van der Waals surface area contributed by atoms with Crippen LogP contribution in [0.15, 0.2) is 18.2 Å². The number of aryl methyl sites for hydroxylation is 2. The van der Waals surface area contributed by atoms with E-state index in [0.717, 1.165) is 48.3 Å². The van der Waals surface area contributed by atoms with Gasteiger partial charge in [0.05, 0.1) is 19.6 Å². The first-order valence-corrected chi connectivity index (χ1v) is 12.4. The highest BCUT2D eigenvalue weighted by Crippen LogP contribution is 2.41. The summed E-state index contributed by atoms with van der Waals surface area (Å²) in [5.74, 6) is 3.58. The molecule has 3 heterocycles. The molecule has 0 unspecified atom stereocenters. The molecule has 1 aliphatic carbocycles. The predicted octanol–water partition coefficient (Wildman–Crippen LogP) is 4.10. The highest BCUT2D eigenvalue weighted by Gasteiger charge is 2.30. The van der Waals surface area contributed by atoms with Crippen molar-refractivity contribution in [3.8, 4) is 11.5 Å². The van der Waals surface area contributed by atoms with Gasteiger partial charge in [0.2, 0.25) is 0 Å². The monoisotopic (exact) mass is 466 g/mol. The fraction of sp³-hybridized carbons (Fsp3) is 0.480. The molecule has 0 spiro atoms. The van der Waals surface area contributed by atoms with Gasteiger partial charge >= 0.3 is 0 Å². The average molecular weight is 467 g/mol. The highest BCUT2D eigenvalue weighted by atomic mass is 32.1. The topological polar surface area (TPSA) is 67.8 Å². The Kier molecular flexibility index (Phi) is 5.86. The van der Waals surface area contributed by atoms with Gasteiger partial charge in [-0.2, -0.15) is 0 Å². The van der Waals surface area contributed by atoms with Crippen LogP contribution in [0.5, 0.6) is 11.5 Å². The third-order valence-electron chi connectivity index (χ3n) is 6.76. The fourth-order valence-electron chi connectivity index (χ4n) is 5.00. The summed E-state index contributed by atoms with van der Waals surface area (Å²) in [5.41, 5.74) is 1.93. The zero-order chi connectivity index (χ0) is 23.1. The molecule has 1 atom stereocenters. The number of benzene rings is 1. The number of nitrogens with zero attached hydrogens (tertiary/aromatic N) is 4. The number of rotatable bonds is 4. The van der Waals surface area contributed by atoms with Crippen molar-refractivity contribution in [3.63, 3.8) is 0 Å². The van der Waals surface area contributed by atoms with E-state index in [-0.39, 0.29) is 5.91 Å². The molecule has 1 aromatic carbocycles. The molecule has 8 heteroatoms. The second-order valence-electron chi connectivity index (χ2n) is 8.94. The van der Waals surface area contributed by atoms with Crippen molar-refractivity contribution in [2.45, 2.75) is 33.1 Å². The summed E-state index contributed by atoms with van der Waals surface area (Å²) in [6, 6.07) is 5.43. The van der Waals surface area contributed by atoms with Crippen LogP contribution in [0.1, 0.15) is 40.0 Å². The minimum atomic E-state index is -0.0603. The number of carbonyl (C=O) groups is 1. The van der Waals surface area contributed by atoms with E-state index in [0.29, 0.717) is 30.2 Å². The van der Waals surface area contributed by atoms with Gasteiger partial charge in [-0.3, -0.25) is 4.79 Å². The molecular weight excluding hydrogens is 436 g/mol. The van der Waals surface area contributed by atoms with E-state index in [2.05, 4.69) is 11.8 Å². The van der Waals surface area contributed by atoms with Crippen molar-refractivity contribution in [1.82, 2.24) is 14.9 Å². The van der Waals surface area contributed by atoms with Gasteiger partial charge in [-0.1, -0.05) is 13.0 Å². The van der Waals surface area contributed by atoms with Crippen molar-refractivity contribution in [1.29, 1.82) is 0 Å². The Bertz CT molecular complexity index is 1180. The van der Waals surface area contributed by atoms with Gasteiger partial charge in [0.1, 0.15) is 33.5 Å². The summed E-state index contributed by atoms with van der Waals surface area (Å²) in [7, 11) is 3.16. The van der Waals surface area contributed by atoms with E-state index in [1.807, 2.05) is 29.2 Å². The number of carbonyl (C=O) groups excluding carboxylic acids is 1. The summed E-state index contributed by atoms with van der Waals surface area (Å²) in [4.78, 5) is 29.8. The number of anilines is 1. The average Bonchev–Trinajstić information content (AvgIpc) is 3.19. The maximum absolute atomic E-state index is 13.4. The van der Waals surface area contributed by atoms with E-state index < -0.39 is 0 Å². The molecule has 0 N–H and O–H groups in total. The molecule has 3 aromatic rings. The van der Waals surface area contributed by atoms with Crippen LogP contribution in [0.4, 0.5) is 5.82 Å². The van der Waals surface area contributed by atoms with Gasteiger partial charge in [0.25, 0.3) is 5.91 Å². The van der Waals surface area contributed by atoms with Gasteiger partial charge < -0.3 is 19.3 Å². The largest absolute Gasteiger partial charge is 0.496 e. The first kappa shape index (κ1) is 21.9. The van der Waals surface area contributed by atoms with E-state index in [1.54, 1.807) is 26.4 Å². The van der Waals surface area contributed by atoms with E-state index in [1.165, 1.54) is 22.2 Å². The van der Waals surface area contributed by atoms with Gasteiger partial charge in [0.15, 0.2) is 0 Å². The highest BCUT2D eigenvalue weighted by molar-refractivity contribution is 7.19. The fourth-order valence-corrected chi connectivity index (χ4v) is 6.42. The van der Waals surface area contributed by atoms with E-state index in [4.69, 9.17) is 19.4 Å². The van der Waals surface area contributed by atoms with Crippen LogP contribution >= 0.6 is 11.3 Å². The lowest BCUT2D eigenvalue weighted by Gasteiger charge is -2.36. The van der Waals surface area contributed by atoms with Crippen LogP contribution < -0.4 is 14.4 Å². The molecule has 2 aliphatic rings. The third kappa shape index (κ3) is 3.90. The third-order valence-corrected chi connectivity index (χ3v) is 7.90. The van der Waals surface area contributed by atoms with Crippen molar-refractivity contribution >= 4 is 33.3 Å². The molecule has 2 aromatic heterocycles. The van der Waals surface area contributed by atoms with Gasteiger partial charge in [-0.25, -0.2) is 9.97 Å². The van der Waals surface area contributed by atoms with Crippen molar-refractivity contribution in [2.75, 3.05) is 45.3 Å². The van der Waals surface area contributed by atoms with Crippen molar-refractivity contribution in [3.05, 3.63) is 40.0 Å². The van der Waals surface area contributed by atoms with Crippen LogP contribution in [0, 0.1) is 12.8 Å². The molecule has 0 radical (unpaired) electrons. The molecule has 1 saturated heterocycles. The number of hydrogen-bond donors (Lipinski definition) is 0. The minimum absolute atomic E-state index is 0.0603. The summed E-state index contributed by atoms with van der Waals surface area (Å²) in [6.07, 6.45) is 3.45. The van der Waals surface area contributed by atoms with Crippen molar-refractivity contribution < 1.29 is 14.3 Å². The molecular formula is C25H30N4O3S. The summed E-state index contributed by atoms with van der Waals surface area (Å²) >= 11 is 1.84. The molecule has 1 fully saturated rings. The Morgan fingerprint density at radius 3 is 2.45 bits per heavy atom. The van der Waals surface area contributed by atoms with Crippen LogP contribution in [-0.2, 0) is 12.8 Å². The maximum Gasteiger partial charge on any atom is 0.261 e. The number of piperazine rings is 1. The SMILES string of the molecule is COc1cccc(OC)c1C(=O)N1CCN(c2nc(C)nc3sc4c(c23)CC[C@H](C)C4)CC1. The molecule has 0 saturated carbocycles. The number of thiophene rings is 1. The van der Waals surface area contributed by atoms with Gasteiger partial charge in [-0.05, 0) is 49.8 Å². The predicted molar refractivity (Wildman–Crippen MR) is 131 cm³/mol. The van der Waals surface area contributed by atoms with E-state index >= 15 is 0 Å². The molecule has 33 heavy (non-hydrogen) atoms. The zero-order valence-electron chi connectivity index (χ0n) is 19.7. The summed E-state index contributed by atoms with van der Waals surface area (Å²) in [5, 5.41) is 1.23. The molecule has 1 aliphatic heterocycles. The van der Waals surface area contributed by atoms with Gasteiger partial charge in [-0.15, -0.1) is 11.3 Å². The molecule has 7 nitrogen and oxygen atoms in total. The quantitative estimate of drug-likeness (QED) is 0.577. The molecule has 174 valence electrons. The Hall–Kier alpha value is -2.87. The Morgan fingerprint density at radius 2 is 1.79 bits per heavy atom. The Morgan fingerprint density at radius 1 is 1.09 bits per heavy atom. The molecule has 1 amide bonds. The minimum Gasteiger partial charge on any atom is -0.496 e. The van der Waals surface area contributed by atoms with Crippen LogP contribution in [0.2, 0.25) is 0 Å². The molecule has 0 bridgehead atoms. The van der Waals surface area contributed by atoms with Crippen LogP contribution in [-0.4, -0.2) is 61.2 Å². The summed E-state index contributed by atoms with van der Waals surface area (Å²) < 4.78 is 10.9. The normalized spacial score (nSPS) is 18.4. The smallest absolute Gasteiger partial charge is 0.261 e.